The highest BCUT2D eigenvalue weighted by Crippen LogP contribution is 2.66. The number of halogens is 4. The highest BCUT2D eigenvalue weighted by molar-refractivity contribution is 6.31. The minimum atomic E-state index is -1.27. The molecule has 0 saturated heterocycles. The third-order valence-corrected chi connectivity index (χ3v) is 17.3. The fourth-order valence-electron chi connectivity index (χ4n) is 13.6. The van der Waals surface area contributed by atoms with Gasteiger partial charge in [-0.15, -0.1) is 0 Å². The Morgan fingerprint density at radius 1 is 0.600 bits per heavy atom. The second-order valence-electron chi connectivity index (χ2n) is 24.1. The van der Waals surface area contributed by atoms with Crippen molar-refractivity contribution in [1.29, 1.82) is 0 Å². The molecule has 2 aliphatic heterocycles. The van der Waals surface area contributed by atoms with E-state index in [0.717, 1.165) is 0 Å². The predicted molar refractivity (Wildman–Crippen MR) is 321 cm³/mol. The summed E-state index contributed by atoms with van der Waals surface area (Å²) in [6.45, 7) is 12.5. The first-order valence-corrected chi connectivity index (χ1v) is 28.1. The number of aromatic nitrogens is 2. The normalized spacial score (nSPS) is 22.7. The molecule has 4 N–H and O–H groups in total. The first-order chi connectivity index (χ1) is 39.8. The molecule has 0 bridgehead atoms. The van der Waals surface area contributed by atoms with E-state index < -0.39 is 69.9 Å². The van der Waals surface area contributed by atoms with Crippen LogP contribution in [0.3, 0.4) is 0 Å². The zero-order chi connectivity index (χ0) is 60.8. The zero-order valence-electron chi connectivity index (χ0n) is 48.2. The molecule has 2 spiro atoms. The number of pyridine rings is 2. The van der Waals surface area contributed by atoms with Crippen LogP contribution in [0.2, 0.25) is 10.0 Å². The lowest BCUT2D eigenvalue weighted by Crippen LogP contribution is -2.45. The van der Waals surface area contributed by atoms with Crippen molar-refractivity contribution < 1.29 is 56.5 Å². The van der Waals surface area contributed by atoms with Crippen molar-refractivity contribution in [3.63, 3.8) is 0 Å². The van der Waals surface area contributed by atoms with Crippen molar-refractivity contribution in [3.8, 4) is 11.5 Å². The molecule has 2 fully saturated rings. The molecule has 448 valence electrons. The van der Waals surface area contributed by atoms with E-state index in [1.807, 2.05) is 0 Å². The highest BCUT2D eigenvalue weighted by Gasteiger charge is 2.68. The number of ether oxygens (including phenoxy) is 4. The van der Waals surface area contributed by atoms with Crippen LogP contribution in [0.25, 0.3) is 0 Å². The van der Waals surface area contributed by atoms with Gasteiger partial charge in [-0.1, -0.05) is 96.4 Å². The molecule has 2 aliphatic carbocycles. The van der Waals surface area contributed by atoms with Crippen LogP contribution < -0.4 is 30.7 Å². The molecule has 0 unspecified atom stereocenters. The lowest BCUT2D eigenvalue weighted by molar-refractivity contribution is -0.125. The monoisotopic (exact) mass is 1200 g/mol. The maximum Gasteiger partial charge on any atom is 0.337 e. The van der Waals surface area contributed by atoms with Gasteiger partial charge in [0, 0.05) is 71.0 Å². The minimum absolute atomic E-state index is 0. The van der Waals surface area contributed by atoms with E-state index in [4.69, 9.17) is 42.1 Å². The molecule has 4 heterocycles. The molecule has 10 rings (SSSR count). The molecule has 0 radical (unpaired) electrons. The Morgan fingerprint density at radius 3 is 1.32 bits per heavy atom. The number of carbonyl (C=O) groups excluding carboxylic acids is 6. The van der Waals surface area contributed by atoms with Crippen LogP contribution >= 0.6 is 23.2 Å². The molecular formula is C65H70Cl2F2N6O10. The SMILES string of the molecule is C.COC(=O)c1ccc(NC(=O)[C@@H]2C[C@@H](CC(C)(C)C)[C@@]3(C(=O)Nc4ccncc43)[C@H]2c2cccc(Cl)c2F)c(OC)c1.COC(=O)c1ccc(NC(=O)[C@H]2C[C@H](CC(C)(C)C)[C@]3(C(=O)Nc4ccncc43)[C@@H]2c2cccc(Cl)c2F)c(OC)c1. The molecule has 4 aromatic carbocycles. The van der Waals surface area contributed by atoms with Gasteiger partial charge in [-0.25, -0.2) is 18.4 Å². The first-order valence-electron chi connectivity index (χ1n) is 27.4. The molecule has 4 amide bonds. The summed E-state index contributed by atoms with van der Waals surface area (Å²) in [6.07, 6.45) is 8.28. The average molecular weight is 1200 g/mol. The van der Waals surface area contributed by atoms with E-state index in [0.29, 0.717) is 59.6 Å². The van der Waals surface area contributed by atoms with Crippen LogP contribution in [0.1, 0.15) is 129 Å². The third-order valence-electron chi connectivity index (χ3n) is 16.7. The Labute approximate surface area is 503 Å². The summed E-state index contributed by atoms with van der Waals surface area (Å²) in [6, 6.07) is 21.9. The smallest absolute Gasteiger partial charge is 0.337 e. The summed E-state index contributed by atoms with van der Waals surface area (Å²) < 4.78 is 52.4. The Balaban J connectivity index is 0.000000219. The number of methoxy groups -OCH3 is 4. The molecule has 20 heteroatoms. The number of carbonyl (C=O) groups is 6. The van der Waals surface area contributed by atoms with Gasteiger partial charge < -0.3 is 40.2 Å². The lowest BCUT2D eigenvalue weighted by atomic mass is 9.62. The summed E-state index contributed by atoms with van der Waals surface area (Å²) in [5, 5.41) is 11.7. The van der Waals surface area contributed by atoms with Crippen LogP contribution in [-0.4, -0.2) is 74.0 Å². The quantitative estimate of drug-likeness (QED) is 0.0843. The van der Waals surface area contributed by atoms with Crippen molar-refractivity contribution in [1.82, 2.24) is 9.97 Å². The predicted octanol–water partition coefficient (Wildman–Crippen LogP) is 13.3. The second kappa shape index (κ2) is 24.6. The van der Waals surface area contributed by atoms with Gasteiger partial charge in [0.05, 0.1) is 71.8 Å². The van der Waals surface area contributed by atoms with Gasteiger partial charge in [-0.05, 0) is 120 Å². The number of rotatable bonds is 12. The second-order valence-corrected chi connectivity index (χ2v) is 24.9. The van der Waals surface area contributed by atoms with Crippen molar-refractivity contribution in [2.45, 2.75) is 97.3 Å². The standard InChI is InChI=1S/2C32H33ClFN3O5.CH4/c2*1-31(2,3)15-18-14-20(28(38)36-24-10-9-17(29(39)42-5)13-25(24)41-4)26(19-7-6-8-22(33)27(19)34)32(18)21-16-35-12-11-23(21)37-30(32)40;/h2*6-13,16,18,20,26H,14-15H2,1-5H3,(H,36,38)(H,37,40);1H4/t2*18-,20+,26-,32-;/m10./s1. The van der Waals surface area contributed by atoms with Crippen LogP contribution in [0.4, 0.5) is 31.5 Å². The average Bonchev–Trinajstić information content (AvgIpc) is 1.60. The van der Waals surface area contributed by atoms with Crippen molar-refractivity contribution in [3.05, 3.63) is 165 Å². The van der Waals surface area contributed by atoms with E-state index in [2.05, 4.69) is 72.8 Å². The van der Waals surface area contributed by atoms with Gasteiger partial charge in [0.1, 0.15) is 23.1 Å². The number of hydrogen-bond acceptors (Lipinski definition) is 12. The Morgan fingerprint density at radius 2 is 0.976 bits per heavy atom. The fraction of sp³-hybridized carbons (Fsp3) is 0.385. The Hall–Kier alpha value is -7.96. The number of amides is 4. The largest absolute Gasteiger partial charge is 0.495 e. The van der Waals surface area contributed by atoms with Crippen LogP contribution in [0.5, 0.6) is 11.5 Å². The van der Waals surface area contributed by atoms with Crippen molar-refractivity contribution in [2.24, 2.45) is 34.5 Å². The van der Waals surface area contributed by atoms with Crippen molar-refractivity contribution >= 4 is 81.5 Å². The summed E-state index contributed by atoms with van der Waals surface area (Å²) in [5.74, 6) is -7.43. The number of esters is 2. The van der Waals surface area contributed by atoms with Crippen LogP contribution in [-0.2, 0) is 39.5 Å². The van der Waals surface area contributed by atoms with Crippen LogP contribution in [0.15, 0.2) is 110 Å². The molecule has 2 aromatic heterocycles. The highest BCUT2D eigenvalue weighted by atomic mass is 35.5. The third kappa shape index (κ3) is 11.5. The molecule has 6 aromatic rings. The molecule has 16 nitrogen and oxygen atoms in total. The molecule has 4 aliphatic rings. The van der Waals surface area contributed by atoms with Gasteiger partial charge in [-0.2, -0.15) is 0 Å². The van der Waals surface area contributed by atoms with Gasteiger partial charge in [0.15, 0.2) is 0 Å². The molecule has 8 atom stereocenters. The van der Waals surface area contributed by atoms with Crippen LogP contribution in [0, 0.1) is 46.1 Å². The molecule has 2 saturated carbocycles. The lowest BCUT2D eigenvalue weighted by Gasteiger charge is -2.38. The van der Waals surface area contributed by atoms with Gasteiger partial charge in [0.25, 0.3) is 0 Å². The Kier molecular flexibility index (Phi) is 18.2. The van der Waals surface area contributed by atoms with Crippen molar-refractivity contribution in [2.75, 3.05) is 49.7 Å². The minimum Gasteiger partial charge on any atom is -0.495 e. The summed E-state index contributed by atoms with van der Waals surface area (Å²) >= 11 is 12.5. The van der Waals surface area contributed by atoms with Gasteiger partial charge in [0.2, 0.25) is 23.6 Å². The molecular weight excluding hydrogens is 1130 g/mol. The maximum atomic E-state index is 15.9. The van der Waals surface area contributed by atoms with Gasteiger partial charge in [-0.3, -0.25) is 29.1 Å². The van der Waals surface area contributed by atoms with E-state index in [1.165, 1.54) is 64.8 Å². The van der Waals surface area contributed by atoms with Gasteiger partial charge >= 0.3 is 11.9 Å². The Bertz CT molecular complexity index is 3380. The number of anilines is 4. The van der Waals surface area contributed by atoms with E-state index in [-0.39, 0.29) is 85.7 Å². The number of benzene rings is 4. The summed E-state index contributed by atoms with van der Waals surface area (Å²) in [7, 11) is 5.40. The topological polar surface area (TPSA) is 213 Å². The van der Waals surface area contributed by atoms with E-state index in [9.17, 15) is 28.8 Å². The summed E-state index contributed by atoms with van der Waals surface area (Å²) in [4.78, 5) is 89.7. The number of fused-ring (bicyclic) bond motifs is 4. The molecule has 85 heavy (non-hydrogen) atoms. The van der Waals surface area contributed by atoms with E-state index in [1.54, 1.807) is 73.3 Å². The summed E-state index contributed by atoms with van der Waals surface area (Å²) in [5.41, 5.74) is 1.06. The zero-order valence-corrected chi connectivity index (χ0v) is 49.7. The number of nitrogens with one attached hydrogen (secondary N) is 4. The number of hydrogen-bond donors (Lipinski definition) is 4. The number of nitrogens with zero attached hydrogens (tertiary/aromatic N) is 2. The fourth-order valence-corrected chi connectivity index (χ4v) is 14.0. The van der Waals surface area contributed by atoms with E-state index >= 15 is 8.78 Å². The first kappa shape index (κ1) is 63.1. The maximum absolute atomic E-state index is 15.9.